The van der Waals surface area contributed by atoms with Crippen molar-refractivity contribution in [3.63, 3.8) is 0 Å². The number of ketones is 2. The van der Waals surface area contributed by atoms with Crippen molar-refractivity contribution in [2.75, 3.05) is 7.11 Å². The highest BCUT2D eigenvalue weighted by Gasteiger charge is 2.04. The molecule has 0 fully saturated rings. The smallest absolute Gasteiger partial charge is 0.163 e. The summed E-state index contributed by atoms with van der Waals surface area (Å²) in [5.41, 5.74) is 0.724. The molecule has 0 atom stereocenters. The third kappa shape index (κ3) is 4.05. The zero-order chi connectivity index (χ0) is 13.5. The average molecular weight is 248 g/mol. The quantitative estimate of drug-likeness (QED) is 0.620. The molecule has 0 aliphatic heterocycles. The van der Waals surface area contributed by atoms with Gasteiger partial charge in [-0.2, -0.15) is 0 Å². The Morgan fingerprint density at radius 2 is 2.11 bits per heavy atom. The number of Topliss-reactive ketones (excluding diaryl/α,β-unsaturated/α-hetero) is 1. The number of methoxy groups -OCH3 is 1. The molecule has 4 heteroatoms. The van der Waals surface area contributed by atoms with Crippen molar-refractivity contribution in [3.8, 4) is 11.5 Å². The molecule has 1 aromatic carbocycles. The minimum Gasteiger partial charge on any atom is -0.504 e. The summed E-state index contributed by atoms with van der Waals surface area (Å²) in [6.07, 6.45) is 3.25. The summed E-state index contributed by atoms with van der Waals surface area (Å²) < 4.78 is 4.95. The summed E-state index contributed by atoms with van der Waals surface area (Å²) in [4.78, 5) is 22.5. The number of carbonyl (C=O) groups excluding carboxylic acids is 2. The molecule has 0 radical (unpaired) electrons. The number of phenolic OH excluding ortho intramolecular Hbond substituents is 1. The third-order valence-electron chi connectivity index (χ3n) is 2.43. The van der Waals surface area contributed by atoms with E-state index >= 15 is 0 Å². The Morgan fingerprint density at radius 3 is 2.72 bits per heavy atom. The molecule has 4 nitrogen and oxygen atoms in total. The van der Waals surface area contributed by atoms with Crippen LogP contribution in [-0.4, -0.2) is 23.8 Å². The van der Waals surface area contributed by atoms with E-state index in [-0.39, 0.29) is 23.7 Å². The van der Waals surface area contributed by atoms with E-state index in [2.05, 4.69) is 0 Å². The second-order valence-electron chi connectivity index (χ2n) is 3.80. The first-order valence-electron chi connectivity index (χ1n) is 5.66. The van der Waals surface area contributed by atoms with E-state index < -0.39 is 0 Å². The molecule has 18 heavy (non-hydrogen) atoms. The van der Waals surface area contributed by atoms with Gasteiger partial charge in [0, 0.05) is 6.42 Å². The summed E-state index contributed by atoms with van der Waals surface area (Å²) in [6, 6.07) is 4.75. The fraction of sp³-hybridized carbons (Fsp3) is 0.286. The Kier molecular flexibility index (Phi) is 5.11. The standard InChI is InChI=1S/C14H16O4/c1-3-11(15)9-12(16)6-4-10-5-7-13(17)14(8-10)18-2/h4-8,17H,3,9H2,1-2H3/b6-4+. The zero-order valence-electron chi connectivity index (χ0n) is 10.5. The molecule has 0 spiro atoms. The van der Waals surface area contributed by atoms with Crippen LogP contribution in [-0.2, 0) is 9.59 Å². The van der Waals surface area contributed by atoms with Crippen LogP contribution >= 0.6 is 0 Å². The molecule has 0 unspecified atom stereocenters. The van der Waals surface area contributed by atoms with Gasteiger partial charge in [0.25, 0.3) is 0 Å². The van der Waals surface area contributed by atoms with Crippen molar-refractivity contribution in [2.24, 2.45) is 0 Å². The molecule has 96 valence electrons. The Labute approximate surface area is 106 Å². The number of benzene rings is 1. The van der Waals surface area contributed by atoms with Gasteiger partial charge in [0.05, 0.1) is 13.5 Å². The van der Waals surface area contributed by atoms with E-state index in [1.54, 1.807) is 25.1 Å². The van der Waals surface area contributed by atoms with E-state index in [9.17, 15) is 14.7 Å². The average Bonchev–Trinajstić information content (AvgIpc) is 2.37. The maximum absolute atomic E-state index is 11.4. The SMILES string of the molecule is CCC(=O)CC(=O)/C=C/c1ccc(O)c(OC)c1. The van der Waals surface area contributed by atoms with Crippen molar-refractivity contribution in [3.05, 3.63) is 29.8 Å². The van der Waals surface area contributed by atoms with E-state index in [0.29, 0.717) is 12.2 Å². The highest BCUT2D eigenvalue weighted by Crippen LogP contribution is 2.26. The molecule has 0 aliphatic rings. The largest absolute Gasteiger partial charge is 0.504 e. The van der Waals surface area contributed by atoms with Crippen LogP contribution in [0.5, 0.6) is 11.5 Å². The number of hydrogen-bond donors (Lipinski definition) is 1. The van der Waals surface area contributed by atoms with Crippen LogP contribution in [0.25, 0.3) is 6.08 Å². The molecule has 0 aromatic heterocycles. The van der Waals surface area contributed by atoms with Crippen LogP contribution in [0.4, 0.5) is 0 Å². The van der Waals surface area contributed by atoms with E-state index in [4.69, 9.17) is 4.74 Å². The second kappa shape index (κ2) is 6.59. The fourth-order valence-corrected chi connectivity index (χ4v) is 1.37. The van der Waals surface area contributed by atoms with Crippen molar-refractivity contribution in [2.45, 2.75) is 19.8 Å². The molecule has 1 N–H and O–H groups in total. The number of hydrogen-bond acceptors (Lipinski definition) is 4. The van der Waals surface area contributed by atoms with Crippen molar-refractivity contribution in [1.82, 2.24) is 0 Å². The lowest BCUT2D eigenvalue weighted by atomic mass is 10.1. The highest BCUT2D eigenvalue weighted by atomic mass is 16.5. The minimum atomic E-state index is -0.228. The van der Waals surface area contributed by atoms with Crippen LogP contribution in [0.3, 0.4) is 0 Å². The first-order chi connectivity index (χ1) is 8.56. The molecular formula is C14H16O4. The molecule has 0 saturated heterocycles. The molecule has 0 saturated carbocycles. The molecule has 0 amide bonds. The van der Waals surface area contributed by atoms with E-state index in [0.717, 1.165) is 5.56 Å². The summed E-state index contributed by atoms with van der Waals surface area (Å²) in [5, 5.41) is 9.40. The lowest BCUT2D eigenvalue weighted by Gasteiger charge is -2.03. The van der Waals surface area contributed by atoms with Gasteiger partial charge in [-0.05, 0) is 23.8 Å². The molecule has 1 rings (SSSR count). The van der Waals surface area contributed by atoms with Gasteiger partial charge in [-0.1, -0.05) is 19.1 Å². The van der Waals surface area contributed by atoms with Gasteiger partial charge in [-0.15, -0.1) is 0 Å². The molecule has 0 aliphatic carbocycles. The number of carbonyl (C=O) groups is 2. The summed E-state index contributed by atoms with van der Waals surface area (Å²) in [5.74, 6) is 0.0817. The predicted octanol–water partition coefficient (Wildman–Crippen LogP) is 2.35. The Bertz CT molecular complexity index is 475. The van der Waals surface area contributed by atoms with Crippen LogP contribution in [0.2, 0.25) is 0 Å². The summed E-state index contributed by atoms with van der Waals surface area (Å²) >= 11 is 0. The third-order valence-corrected chi connectivity index (χ3v) is 2.43. The molecule has 1 aromatic rings. The zero-order valence-corrected chi connectivity index (χ0v) is 10.5. The topological polar surface area (TPSA) is 63.6 Å². The minimum absolute atomic E-state index is 0.0436. The monoisotopic (exact) mass is 248 g/mol. The van der Waals surface area contributed by atoms with Crippen LogP contribution < -0.4 is 4.74 Å². The maximum atomic E-state index is 11.4. The molecule has 0 bridgehead atoms. The van der Waals surface area contributed by atoms with Gasteiger partial charge in [0.1, 0.15) is 5.78 Å². The first kappa shape index (κ1) is 14.0. The van der Waals surface area contributed by atoms with Gasteiger partial charge in [-0.25, -0.2) is 0 Å². The van der Waals surface area contributed by atoms with Crippen LogP contribution in [0.1, 0.15) is 25.3 Å². The lowest BCUT2D eigenvalue weighted by molar-refractivity contribution is -0.124. The molecule has 0 heterocycles. The van der Waals surface area contributed by atoms with Gasteiger partial charge >= 0.3 is 0 Å². The van der Waals surface area contributed by atoms with Crippen LogP contribution in [0, 0.1) is 0 Å². The van der Waals surface area contributed by atoms with E-state index in [1.165, 1.54) is 19.3 Å². The first-order valence-corrected chi connectivity index (χ1v) is 5.66. The number of phenols is 1. The number of rotatable bonds is 6. The lowest BCUT2D eigenvalue weighted by Crippen LogP contribution is -2.03. The van der Waals surface area contributed by atoms with Gasteiger partial charge in [-0.3, -0.25) is 9.59 Å². The molecular weight excluding hydrogens is 232 g/mol. The van der Waals surface area contributed by atoms with Crippen molar-refractivity contribution < 1.29 is 19.4 Å². The number of allylic oxidation sites excluding steroid dienone is 1. The normalized spacial score (nSPS) is 10.6. The predicted molar refractivity (Wildman–Crippen MR) is 68.6 cm³/mol. The maximum Gasteiger partial charge on any atom is 0.163 e. The Balaban J connectivity index is 2.72. The Morgan fingerprint density at radius 1 is 1.39 bits per heavy atom. The van der Waals surface area contributed by atoms with Crippen molar-refractivity contribution >= 4 is 17.6 Å². The fourth-order valence-electron chi connectivity index (χ4n) is 1.37. The van der Waals surface area contributed by atoms with Gasteiger partial charge in [0.15, 0.2) is 17.3 Å². The van der Waals surface area contributed by atoms with E-state index in [1.807, 2.05) is 0 Å². The van der Waals surface area contributed by atoms with Crippen molar-refractivity contribution in [1.29, 1.82) is 0 Å². The van der Waals surface area contributed by atoms with Gasteiger partial charge < -0.3 is 9.84 Å². The van der Waals surface area contributed by atoms with Gasteiger partial charge in [0.2, 0.25) is 0 Å². The highest BCUT2D eigenvalue weighted by molar-refractivity contribution is 6.06. The van der Waals surface area contributed by atoms with Crippen LogP contribution in [0.15, 0.2) is 24.3 Å². The summed E-state index contributed by atoms with van der Waals surface area (Å²) in [7, 11) is 1.45. The second-order valence-corrected chi connectivity index (χ2v) is 3.80. The Hall–Kier alpha value is -2.10. The summed E-state index contributed by atoms with van der Waals surface area (Å²) in [6.45, 7) is 1.73. The number of ether oxygens (including phenoxy) is 1. The number of aromatic hydroxyl groups is 1.